The number of nitrogen functional groups attached to an aromatic ring is 1. The summed E-state index contributed by atoms with van der Waals surface area (Å²) in [4.78, 5) is 49.3. The summed E-state index contributed by atoms with van der Waals surface area (Å²) in [6.45, 7) is 3.42. The maximum atomic E-state index is 12.6. The maximum absolute atomic E-state index is 12.6. The summed E-state index contributed by atoms with van der Waals surface area (Å²) >= 11 is 0. The predicted octanol–water partition coefficient (Wildman–Crippen LogP) is 0.953. The first-order valence-corrected chi connectivity index (χ1v) is 9.56. The highest BCUT2D eigenvalue weighted by Gasteiger charge is 2.22. The van der Waals surface area contributed by atoms with E-state index in [9.17, 15) is 19.2 Å². The molecule has 1 aliphatic rings. The number of nitrogens with two attached hydrogens (primary N) is 1. The maximum Gasteiger partial charge on any atom is 0.332 e. The molecule has 0 saturated heterocycles. The van der Waals surface area contributed by atoms with Gasteiger partial charge in [0.1, 0.15) is 11.4 Å². The molecule has 3 rings (SSSR count). The fraction of sp³-hybridized carbons (Fsp3) is 0.333. The highest BCUT2D eigenvalue weighted by Crippen LogP contribution is 2.32. The molecule has 2 heterocycles. The predicted molar refractivity (Wildman–Crippen MR) is 112 cm³/mol. The van der Waals surface area contributed by atoms with Gasteiger partial charge in [-0.25, -0.2) is 9.59 Å². The van der Waals surface area contributed by atoms with Gasteiger partial charge in [0.05, 0.1) is 0 Å². The molecule has 2 N–H and O–H groups in total. The van der Waals surface area contributed by atoms with Gasteiger partial charge in [0.15, 0.2) is 18.1 Å². The summed E-state index contributed by atoms with van der Waals surface area (Å²) in [6, 6.07) is 5.13. The van der Waals surface area contributed by atoms with E-state index in [1.54, 1.807) is 18.2 Å². The molecular formula is C21H23N3O7. The van der Waals surface area contributed by atoms with E-state index in [0.717, 1.165) is 10.6 Å². The third kappa shape index (κ3) is 4.68. The minimum atomic E-state index is -0.834. The van der Waals surface area contributed by atoms with Crippen LogP contribution in [-0.2, 0) is 23.1 Å². The molecule has 1 aromatic heterocycles. The molecule has 0 atom stereocenters. The molecule has 0 amide bonds. The van der Waals surface area contributed by atoms with E-state index in [0.29, 0.717) is 17.1 Å². The number of esters is 1. The Kier molecular flexibility index (Phi) is 6.28. The number of anilines is 1. The van der Waals surface area contributed by atoms with Gasteiger partial charge in [-0.2, -0.15) is 0 Å². The first-order chi connectivity index (χ1) is 14.7. The van der Waals surface area contributed by atoms with Gasteiger partial charge in [0.2, 0.25) is 12.6 Å². The third-order valence-electron chi connectivity index (χ3n) is 4.56. The Morgan fingerprint density at radius 2 is 1.94 bits per heavy atom. The summed E-state index contributed by atoms with van der Waals surface area (Å²) in [7, 11) is 1.26. The zero-order chi connectivity index (χ0) is 22.7. The van der Waals surface area contributed by atoms with E-state index in [-0.39, 0.29) is 30.6 Å². The minimum absolute atomic E-state index is 0.0552. The third-order valence-corrected chi connectivity index (χ3v) is 4.56. The van der Waals surface area contributed by atoms with Crippen LogP contribution in [0.4, 0.5) is 5.82 Å². The summed E-state index contributed by atoms with van der Waals surface area (Å²) in [6.07, 6.45) is 2.64. The van der Waals surface area contributed by atoms with Crippen molar-refractivity contribution in [3.63, 3.8) is 0 Å². The number of Topliss-reactive ketones (excluding diaryl/α,β-unsaturated/α-hetero) is 1. The van der Waals surface area contributed by atoms with Gasteiger partial charge in [-0.15, -0.1) is 0 Å². The molecule has 0 fully saturated rings. The SMILES string of the molecule is CC(C)Cn1c(N)c(C(=O)COC(=O)C=Cc2ccc3c(c2)OCO3)c(=O)n(C)c1=O. The summed E-state index contributed by atoms with van der Waals surface area (Å²) in [5.41, 5.74) is 4.79. The highest BCUT2D eigenvalue weighted by molar-refractivity contribution is 6.02. The number of ether oxygens (including phenoxy) is 3. The van der Waals surface area contributed by atoms with Crippen molar-refractivity contribution < 1.29 is 23.8 Å². The Bertz CT molecular complexity index is 1170. The van der Waals surface area contributed by atoms with Gasteiger partial charge >= 0.3 is 11.7 Å². The van der Waals surface area contributed by atoms with Crippen molar-refractivity contribution in [1.29, 1.82) is 0 Å². The number of carbonyl (C=O) groups is 2. The van der Waals surface area contributed by atoms with Crippen molar-refractivity contribution in [2.75, 3.05) is 19.1 Å². The summed E-state index contributed by atoms with van der Waals surface area (Å²) in [5.74, 6) is -0.576. The van der Waals surface area contributed by atoms with Crippen LogP contribution in [0.5, 0.6) is 11.5 Å². The Hall–Kier alpha value is -3.82. The average molecular weight is 429 g/mol. The largest absolute Gasteiger partial charge is 0.454 e. The van der Waals surface area contributed by atoms with Crippen LogP contribution in [0.1, 0.15) is 29.8 Å². The number of fused-ring (bicyclic) bond motifs is 1. The number of ketones is 1. The van der Waals surface area contributed by atoms with E-state index in [1.165, 1.54) is 17.7 Å². The van der Waals surface area contributed by atoms with E-state index in [4.69, 9.17) is 19.9 Å². The lowest BCUT2D eigenvalue weighted by Gasteiger charge is -2.16. The van der Waals surface area contributed by atoms with Crippen molar-refractivity contribution in [2.45, 2.75) is 20.4 Å². The monoisotopic (exact) mass is 429 g/mol. The van der Waals surface area contributed by atoms with Crippen molar-refractivity contribution in [1.82, 2.24) is 9.13 Å². The normalized spacial score (nSPS) is 12.5. The van der Waals surface area contributed by atoms with Crippen molar-refractivity contribution in [2.24, 2.45) is 13.0 Å². The molecule has 31 heavy (non-hydrogen) atoms. The van der Waals surface area contributed by atoms with Gasteiger partial charge in [-0.1, -0.05) is 19.9 Å². The minimum Gasteiger partial charge on any atom is -0.454 e. The molecule has 10 heteroatoms. The molecule has 0 spiro atoms. The molecule has 2 aromatic rings. The standard InChI is InChI=1S/C21H23N3O7/c1-12(2)9-24-19(22)18(20(27)23(3)21(24)28)14(25)10-29-17(26)7-5-13-4-6-15-16(8-13)31-11-30-15/h4-8,12H,9-11,22H2,1-3H3. The fourth-order valence-corrected chi connectivity index (χ4v) is 3.02. The number of aromatic nitrogens is 2. The Morgan fingerprint density at radius 3 is 2.65 bits per heavy atom. The molecule has 0 radical (unpaired) electrons. The molecule has 164 valence electrons. The van der Waals surface area contributed by atoms with Crippen LogP contribution in [0, 0.1) is 5.92 Å². The quantitative estimate of drug-likeness (QED) is 0.391. The van der Waals surface area contributed by atoms with Crippen molar-refractivity contribution in [3.8, 4) is 11.5 Å². The number of rotatable bonds is 7. The first-order valence-electron chi connectivity index (χ1n) is 9.56. The Balaban J connectivity index is 1.72. The molecule has 1 aliphatic heterocycles. The van der Waals surface area contributed by atoms with Crippen LogP contribution in [0.25, 0.3) is 6.08 Å². The zero-order valence-electron chi connectivity index (χ0n) is 17.4. The molecule has 0 bridgehead atoms. The van der Waals surface area contributed by atoms with Crippen LogP contribution < -0.4 is 26.5 Å². The lowest BCUT2D eigenvalue weighted by Crippen LogP contribution is -2.43. The zero-order valence-corrected chi connectivity index (χ0v) is 17.4. The van der Waals surface area contributed by atoms with Gasteiger partial charge < -0.3 is 19.9 Å². The first kappa shape index (κ1) is 21.9. The van der Waals surface area contributed by atoms with E-state index < -0.39 is 29.6 Å². The topological polar surface area (TPSA) is 132 Å². The lowest BCUT2D eigenvalue weighted by atomic mass is 10.1. The van der Waals surface area contributed by atoms with Crippen molar-refractivity contribution in [3.05, 3.63) is 56.2 Å². The molecule has 0 unspecified atom stereocenters. The van der Waals surface area contributed by atoms with E-state index in [2.05, 4.69) is 0 Å². The number of carbonyl (C=O) groups excluding carboxylic acids is 2. The number of hydrogen-bond acceptors (Lipinski definition) is 8. The molecule has 0 saturated carbocycles. The van der Waals surface area contributed by atoms with Crippen LogP contribution in [0.3, 0.4) is 0 Å². The number of hydrogen-bond donors (Lipinski definition) is 1. The Labute approximate surface area is 177 Å². The van der Waals surface area contributed by atoms with E-state index in [1.807, 2.05) is 13.8 Å². The molecule has 0 aliphatic carbocycles. The van der Waals surface area contributed by atoms with E-state index >= 15 is 0 Å². The smallest absolute Gasteiger partial charge is 0.332 e. The number of nitrogens with zero attached hydrogens (tertiary/aromatic N) is 2. The Morgan fingerprint density at radius 1 is 1.23 bits per heavy atom. The lowest BCUT2D eigenvalue weighted by molar-refractivity contribution is -0.136. The molecule has 10 nitrogen and oxygen atoms in total. The summed E-state index contributed by atoms with van der Waals surface area (Å²) in [5, 5.41) is 0. The van der Waals surface area contributed by atoms with Gasteiger partial charge in [-0.05, 0) is 29.7 Å². The van der Waals surface area contributed by atoms with Crippen molar-refractivity contribution >= 4 is 23.6 Å². The fourth-order valence-electron chi connectivity index (χ4n) is 3.02. The van der Waals surface area contributed by atoms with Gasteiger partial charge in [0.25, 0.3) is 5.56 Å². The van der Waals surface area contributed by atoms with Crippen LogP contribution in [-0.4, -0.2) is 34.3 Å². The van der Waals surface area contributed by atoms with Crippen LogP contribution >= 0.6 is 0 Å². The highest BCUT2D eigenvalue weighted by atomic mass is 16.7. The second-order valence-corrected chi connectivity index (χ2v) is 7.39. The average Bonchev–Trinajstić information content (AvgIpc) is 3.20. The summed E-state index contributed by atoms with van der Waals surface area (Å²) < 4.78 is 17.4. The second-order valence-electron chi connectivity index (χ2n) is 7.39. The molecule has 1 aromatic carbocycles. The van der Waals surface area contributed by atoms with Crippen LogP contribution in [0.2, 0.25) is 0 Å². The van der Waals surface area contributed by atoms with Gasteiger partial charge in [0, 0.05) is 19.7 Å². The van der Waals surface area contributed by atoms with Crippen LogP contribution in [0.15, 0.2) is 33.9 Å². The second kappa shape index (κ2) is 8.90. The van der Waals surface area contributed by atoms with Gasteiger partial charge in [-0.3, -0.25) is 18.7 Å². The molecular weight excluding hydrogens is 406 g/mol. The number of benzene rings is 1.